The fraction of sp³-hybridized carbons (Fsp3) is 0.560. The second kappa shape index (κ2) is 9.02. The molecule has 1 saturated carbocycles. The van der Waals surface area contributed by atoms with E-state index in [-0.39, 0.29) is 43.3 Å². The summed E-state index contributed by atoms with van der Waals surface area (Å²) in [5.74, 6) is -4.02. The van der Waals surface area contributed by atoms with Gasteiger partial charge in [-0.05, 0) is 43.9 Å². The van der Waals surface area contributed by atoms with Gasteiger partial charge in [-0.25, -0.2) is 8.78 Å². The second-order valence-corrected chi connectivity index (χ2v) is 10.2. The van der Waals surface area contributed by atoms with Crippen molar-refractivity contribution in [1.82, 2.24) is 20.5 Å². The van der Waals surface area contributed by atoms with E-state index in [9.17, 15) is 28.3 Å². The summed E-state index contributed by atoms with van der Waals surface area (Å²) in [5.41, 5.74) is -0.604. The van der Waals surface area contributed by atoms with E-state index >= 15 is 0 Å². The number of fused-ring (bicyclic) bond motifs is 1. The molecule has 4 atom stereocenters. The molecule has 2 saturated heterocycles. The molecule has 3 fully saturated rings. The number of methoxy groups -OCH3 is 1. The Morgan fingerprint density at radius 2 is 2.14 bits per heavy atom. The summed E-state index contributed by atoms with van der Waals surface area (Å²) in [6, 6.07) is 5.04. The number of likely N-dealkylation sites (tertiary alicyclic amines) is 1. The van der Waals surface area contributed by atoms with E-state index in [4.69, 9.17) is 4.74 Å². The third kappa shape index (κ3) is 4.19. The molecule has 3 amide bonds. The predicted molar refractivity (Wildman–Crippen MR) is 126 cm³/mol. The number of H-pyrrole nitrogens is 1. The van der Waals surface area contributed by atoms with Crippen molar-refractivity contribution in [3.8, 4) is 5.75 Å². The largest absolute Gasteiger partial charge is 0.496 e. The van der Waals surface area contributed by atoms with E-state index in [1.165, 1.54) is 12.0 Å². The predicted octanol–water partition coefficient (Wildman–Crippen LogP) is 1.81. The van der Waals surface area contributed by atoms with Crippen molar-refractivity contribution in [2.24, 2.45) is 11.3 Å². The van der Waals surface area contributed by atoms with Crippen molar-refractivity contribution in [3.05, 3.63) is 30.0 Å². The third-order valence-electron chi connectivity index (χ3n) is 7.82. The number of alkyl halides is 2. The van der Waals surface area contributed by atoms with Crippen LogP contribution in [0.15, 0.2) is 24.3 Å². The Morgan fingerprint density at radius 3 is 2.81 bits per heavy atom. The SMILES string of the molecule is COc1cccc2[nH]c(C(=O)N3C[C@]4(C[C@H]3C(=O)NC(CO)C[C@@H]3CCCNC3=O)CC4(F)F)cc12. The molecule has 2 aromatic rings. The first-order valence-electron chi connectivity index (χ1n) is 12.2. The molecule has 0 radical (unpaired) electrons. The number of aromatic amines is 1. The molecule has 1 aliphatic carbocycles. The summed E-state index contributed by atoms with van der Waals surface area (Å²) in [6.45, 7) is -0.0436. The number of nitrogens with one attached hydrogen (secondary N) is 3. The number of aromatic nitrogens is 1. The van der Waals surface area contributed by atoms with Gasteiger partial charge in [-0.15, -0.1) is 0 Å². The van der Waals surface area contributed by atoms with Crippen LogP contribution in [0.2, 0.25) is 0 Å². The first-order valence-corrected chi connectivity index (χ1v) is 12.2. The van der Waals surface area contributed by atoms with Gasteiger partial charge in [0.25, 0.3) is 11.8 Å². The van der Waals surface area contributed by atoms with Crippen molar-refractivity contribution in [1.29, 1.82) is 0 Å². The molecule has 5 rings (SSSR count). The lowest BCUT2D eigenvalue weighted by Crippen LogP contribution is -2.51. The maximum absolute atomic E-state index is 14.3. The van der Waals surface area contributed by atoms with Crippen molar-refractivity contribution >= 4 is 28.6 Å². The minimum atomic E-state index is -2.94. The molecule has 0 bridgehead atoms. The van der Waals surface area contributed by atoms with Gasteiger partial charge in [0.2, 0.25) is 11.8 Å². The van der Waals surface area contributed by atoms with Crippen LogP contribution in [0.1, 0.15) is 42.6 Å². The first kappa shape index (κ1) is 24.5. The quantitative estimate of drug-likeness (QED) is 0.458. The third-order valence-corrected chi connectivity index (χ3v) is 7.82. The normalized spacial score (nSPS) is 27.7. The van der Waals surface area contributed by atoms with Crippen LogP contribution in [0.25, 0.3) is 10.9 Å². The number of amides is 3. The number of nitrogens with zero attached hydrogens (tertiary/aromatic N) is 1. The number of carbonyl (C=O) groups is 3. The number of rotatable bonds is 7. The number of hydrogen-bond donors (Lipinski definition) is 4. The van der Waals surface area contributed by atoms with Crippen LogP contribution in [-0.4, -0.2) is 77.5 Å². The fourth-order valence-corrected chi connectivity index (χ4v) is 5.66. The minimum Gasteiger partial charge on any atom is -0.496 e. The molecular formula is C25H30F2N4O5. The summed E-state index contributed by atoms with van der Waals surface area (Å²) in [4.78, 5) is 43.1. The molecule has 1 spiro atoms. The number of ether oxygens (including phenoxy) is 1. The molecule has 4 N–H and O–H groups in total. The summed E-state index contributed by atoms with van der Waals surface area (Å²) < 4.78 is 34.0. The topological polar surface area (TPSA) is 124 Å². The highest BCUT2D eigenvalue weighted by Crippen LogP contribution is 2.66. The van der Waals surface area contributed by atoms with Crippen LogP contribution in [-0.2, 0) is 9.59 Å². The van der Waals surface area contributed by atoms with Crippen molar-refractivity contribution < 1.29 is 33.0 Å². The second-order valence-electron chi connectivity index (χ2n) is 10.2. The highest BCUT2D eigenvalue weighted by atomic mass is 19.3. The van der Waals surface area contributed by atoms with Crippen molar-refractivity contribution in [3.63, 3.8) is 0 Å². The number of hydrogen-bond acceptors (Lipinski definition) is 5. The number of benzene rings is 1. The molecule has 194 valence electrons. The van der Waals surface area contributed by atoms with Gasteiger partial charge in [-0.3, -0.25) is 14.4 Å². The van der Waals surface area contributed by atoms with Crippen LogP contribution in [0.5, 0.6) is 5.75 Å². The summed E-state index contributed by atoms with van der Waals surface area (Å²) in [6.07, 6.45) is 1.15. The number of carbonyl (C=O) groups excluding carboxylic acids is 3. The maximum Gasteiger partial charge on any atom is 0.271 e. The molecule has 2 aliphatic heterocycles. The van der Waals surface area contributed by atoms with Gasteiger partial charge in [-0.1, -0.05) is 6.07 Å². The zero-order valence-corrected chi connectivity index (χ0v) is 20.0. The van der Waals surface area contributed by atoms with Crippen LogP contribution in [0, 0.1) is 11.3 Å². The summed E-state index contributed by atoms with van der Waals surface area (Å²) in [7, 11) is 1.51. The Labute approximate surface area is 206 Å². The zero-order valence-electron chi connectivity index (χ0n) is 20.0. The lowest BCUT2D eigenvalue weighted by atomic mass is 9.91. The lowest BCUT2D eigenvalue weighted by Gasteiger charge is -2.28. The number of piperidine rings is 1. The van der Waals surface area contributed by atoms with Crippen LogP contribution in [0.4, 0.5) is 8.78 Å². The van der Waals surface area contributed by atoms with E-state index in [0.29, 0.717) is 29.6 Å². The van der Waals surface area contributed by atoms with E-state index in [2.05, 4.69) is 15.6 Å². The Kier molecular flexibility index (Phi) is 6.14. The monoisotopic (exact) mass is 504 g/mol. The molecule has 36 heavy (non-hydrogen) atoms. The van der Waals surface area contributed by atoms with Gasteiger partial charge in [0.15, 0.2) is 0 Å². The van der Waals surface area contributed by atoms with E-state index < -0.39 is 41.8 Å². The molecule has 1 aromatic heterocycles. The molecule has 3 aliphatic rings. The molecule has 9 nitrogen and oxygen atoms in total. The highest BCUT2D eigenvalue weighted by Gasteiger charge is 2.75. The minimum absolute atomic E-state index is 0.127. The average molecular weight is 505 g/mol. The molecule has 3 heterocycles. The van der Waals surface area contributed by atoms with Gasteiger partial charge in [0.1, 0.15) is 17.5 Å². The highest BCUT2D eigenvalue weighted by molar-refractivity contribution is 6.02. The number of aliphatic hydroxyl groups excluding tert-OH is 1. The number of aliphatic hydroxyl groups is 1. The molecule has 1 unspecified atom stereocenters. The van der Waals surface area contributed by atoms with Crippen LogP contribution >= 0.6 is 0 Å². The van der Waals surface area contributed by atoms with Gasteiger partial charge in [-0.2, -0.15) is 0 Å². The van der Waals surface area contributed by atoms with Gasteiger partial charge >= 0.3 is 0 Å². The Morgan fingerprint density at radius 1 is 1.36 bits per heavy atom. The maximum atomic E-state index is 14.3. The number of halogens is 2. The van der Waals surface area contributed by atoms with E-state index in [0.717, 1.165) is 6.42 Å². The van der Waals surface area contributed by atoms with Gasteiger partial charge in [0.05, 0.1) is 25.2 Å². The van der Waals surface area contributed by atoms with Gasteiger partial charge in [0, 0.05) is 36.3 Å². The zero-order chi connectivity index (χ0) is 25.7. The van der Waals surface area contributed by atoms with Crippen molar-refractivity contribution in [2.75, 3.05) is 26.8 Å². The standard InChI is InChI=1S/C25H30F2N4O5/c1-36-20-6-2-5-17-16(20)9-18(30-17)23(35)31-13-24(12-25(24,26)27)10-19(31)22(34)29-15(11-32)8-14-4-3-7-28-21(14)33/h2,5-6,9,14-15,19,30,32H,3-4,7-8,10-13H2,1H3,(H,28,33)(H,29,34)/t14-,15?,19-,24-/m0/s1. The Balaban J connectivity index is 1.36. The van der Waals surface area contributed by atoms with E-state index in [1.54, 1.807) is 24.3 Å². The smallest absolute Gasteiger partial charge is 0.271 e. The average Bonchev–Trinajstić information content (AvgIpc) is 3.20. The lowest BCUT2D eigenvalue weighted by molar-refractivity contribution is -0.129. The van der Waals surface area contributed by atoms with Crippen LogP contribution < -0.4 is 15.4 Å². The Bertz CT molecular complexity index is 1200. The molecular weight excluding hydrogens is 474 g/mol. The van der Waals surface area contributed by atoms with Gasteiger partial charge < -0.3 is 30.4 Å². The molecule has 11 heteroatoms. The molecule has 1 aromatic carbocycles. The van der Waals surface area contributed by atoms with Crippen LogP contribution in [0.3, 0.4) is 0 Å². The summed E-state index contributed by atoms with van der Waals surface area (Å²) >= 11 is 0. The van der Waals surface area contributed by atoms with Crippen molar-refractivity contribution in [2.45, 2.75) is 50.1 Å². The van der Waals surface area contributed by atoms with E-state index in [1.807, 2.05) is 0 Å². The summed E-state index contributed by atoms with van der Waals surface area (Å²) in [5, 5.41) is 16.0. The Hall–Kier alpha value is -3.21. The first-order chi connectivity index (χ1) is 17.2. The fourth-order valence-electron chi connectivity index (χ4n) is 5.66.